The molecule has 1 atom stereocenters. The van der Waals surface area contributed by atoms with Crippen LogP contribution in [0.5, 0.6) is 23.0 Å². The van der Waals surface area contributed by atoms with E-state index in [0.29, 0.717) is 28.6 Å². The van der Waals surface area contributed by atoms with Gasteiger partial charge in [-0.1, -0.05) is 17.7 Å². The summed E-state index contributed by atoms with van der Waals surface area (Å²) in [4.78, 5) is -0.542. The summed E-state index contributed by atoms with van der Waals surface area (Å²) in [6.45, 7) is 1.71. The number of anilines is 1. The van der Waals surface area contributed by atoms with Crippen LogP contribution in [-0.4, -0.2) is 29.4 Å². The molecule has 0 bridgehead atoms. The Labute approximate surface area is 196 Å². The van der Waals surface area contributed by atoms with E-state index >= 15 is 0 Å². The molecule has 0 saturated carbocycles. The minimum atomic E-state index is -4.40. The lowest BCUT2D eigenvalue weighted by molar-refractivity contribution is 0.174. The van der Waals surface area contributed by atoms with Gasteiger partial charge in [0, 0.05) is 11.1 Å². The molecule has 0 radical (unpaired) electrons. The van der Waals surface area contributed by atoms with Crippen molar-refractivity contribution in [2.45, 2.75) is 17.9 Å². The molecule has 0 aromatic heterocycles. The Balaban J connectivity index is 1.89. The average Bonchev–Trinajstić information content (AvgIpc) is 3.28. The highest BCUT2D eigenvalue weighted by molar-refractivity contribution is 7.92. The van der Waals surface area contributed by atoms with Crippen LogP contribution in [0.25, 0.3) is 0 Å². The second-order valence-corrected chi connectivity index (χ2v) is 9.42. The molecule has 1 aliphatic heterocycles. The van der Waals surface area contributed by atoms with Crippen molar-refractivity contribution < 1.29 is 31.8 Å². The van der Waals surface area contributed by atoms with Gasteiger partial charge in [0.25, 0.3) is 10.0 Å². The molecule has 33 heavy (non-hydrogen) atoms. The first-order valence-corrected chi connectivity index (χ1v) is 11.7. The average molecular weight is 494 g/mol. The highest BCUT2D eigenvalue weighted by atomic mass is 35.5. The number of methoxy groups -OCH3 is 2. The zero-order valence-corrected chi connectivity index (χ0v) is 19.6. The topological polar surface area (TPSA) is 74.3 Å². The Morgan fingerprint density at radius 3 is 2.42 bits per heavy atom. The predicted molar refractivity (Wildman–Crippen MR) is 122 cm³/mol. The molecule has 0 amide bonds. The monoisotopic (exact) mass is 493 g/mol. The highest BCUT2D eigenvalue weighted by Crippen LogP contribution is 2.42. The molecule has 7 nitrogen and oxygen atoms in total. The second kappa shape index (κ2) is 8.99. The largest absolute Gasteiger partial charge is 0.493 e. The molecule has 3 aromatic carbocycles. The summed E-state index contributed by atoms with van der Waals surface area (Å²) >= 11 is 6.00. The van der Waals surface area contributed by atoms with E-state index in [1.54, 1.807) is 43.3 Å². The van der Waals surface area contributed by atoms with E-state index in [1.807, 2.05) is 0 Å². The van der Waals surface area contributed by atoms with Crippen LogP contribution in [0.15, 0.2) is 59.5 Å². The van der Waals surface area contributed by atoms with Crippen LogP contribution in [0, 0.1) is 5.82 Å². The maximum Gasteiger partial charge on any atom is 0.267 e. The fourth-order valence-corrected chi connectivity index (χ4v) is 5.59. The summed E-state index contributed by atoms with van der Waals surface area (Å²) in [5.41, 5.74) is 0.859. The minimum Gasteiger partial charge on any atom is -0.493 e. The van der Waals surface area contributed by atoms with E-state index in [9.17, 15) is 12.8 Å². The van der Waals surface area contributed by atoms with Crippen LogP contribution in [0.4, 0.5) is 10.1 Å². The molecule has 3 aromatic rings. The van der Waals surface area contributed by atoms with Crippen LogP contribution >= 0.6 is 11.6 Å². The Bertz CT molecular complexity index is 1300. The summed E-state index contributed by atoms with van der Waals surface area (Å²) in [5.74, 6) is 0.887. The van der Waals surface area contributed by atoms with Crippen LogP contribution in [-0.2, 0) is 10.0 Å². The van der Waals surface area contributed by atoms with Gasteiger partial charge in [0.2, 0.25) is 6.79 Å². The van der Waals surface area contributed by atoms with E-state index in [-0.39, 0.29) is 17.5 Å². The third-order valence-corrected chi connectivity index (χ3v) is 7.43. The van der Waals surface area contributed by atoms with Gasteiger partial charge >= 0.3 is 0 Å². The Morgan fingerprint density at radius 1 is 0.970 bits per heavy atom. The number of halogens is 2. The lowest BCUT2D eigenvalue weighted by atomic mass is 10.1. The fraction of sp³-hybridized carbons (Fsp3) is 0.217. The van der Waals surface area contributed by atoms with Crippen molar-refractivity contribution in [1.29, 1.82) is 0 Å². The van der Waals surface area contributed by atoms with Crippen molar-refractivity contribution in [1.82, 2.24) is 0 Å². The Kier molecular flexibility index (Phi) is 6.27. The normalized spacial score (nSPS) is 13.5. The minimum absolute atomic E-state index is 0.0275. The molecule has 0 N–H and O–H groups in total. The second-order valence-electron chi connectivity index (χ2n) is 7.20. The predicted octanol–water partition coefficient (Wildman–Crippen LogP) is 5.18. The molecule has 1 heterocycles. The molecule has 1 aliphatic rings. The lowest BCUT2D eigenvalue weighted by Gasteiger charge is -2.31. The van der Waals surface area contributed by atoms with Crippen molar-refractivity contribution in [2.75, 3.05) is 25.3 Å². The van der Waals surface area contributed by atoms with Gasteiger partial charge < -0.3 is 18.9 Å². The molecular formula is C23H21ClFNO6S. The number of hydrogen-bond acceptors (Lipinski definition) is 6. The van der Waals surface area contributed by atoms with Crippen LogP contribution in [0.2, 0.25) is 5.02 Å². The number of hydrogen-bond donors (Lipinski definition) is 0. The number of sulfonamides is 1. The van der Waals surface area contributed by atoms with E-state index in [1.165, 1.54) is 20.3 Å². The molecule has 0 fully saturated rings. The number of rotatable bonds is 7. The number of fused-ring (bicyclic) bond motifs is 1. The summed E-state index contributed by atoms with van der Waals surface area (Å²) < 4.78 is 64.8. The van der Waals surface area contributed by atoms with E-state index < -0.39 is 26.8 Å². The Hall–Kier alpha value is -3.17. The number of ether oxygens (including phenoxy) is 4. The van der Waals surface area contributed by atoms with Crippen molar-refractivity contribution in [3.63, 3.8) is 0 Å². The molecular weight excluding hydrogens is 473 g/mol. The molecule has 0 spiro atoms. The first-order valence-electron chi connectivity index (χ1n) is 9.87. The Morgan fingerprint density at radius 2 is 1.70 bits per heavy atom. The van der Waals surface area contributed by atoms with Gasteiger partial charge in [-0.25, -0.2) is 12.8 Å². The van der Waals surface area contributed by atoms with Crippen LogP contribution < -0.4 is 23.3 Å². The standard InChI is InChI=1S/C23H21ClFNO6S/c1-14(15-4-8-19(29-2)21(10-15)30-3)26(17-6-9-20-22(12-17)32-13-31-20)33(27,28)23-11-16(24)5-7-18(23)25/h4-12,14H,13H2,1-3H3. The fourth-order valence-electron chi connectivity index (χ4n) is 3.62. The van der Waals surface area contributed by atoms with Gasteiger partial charge in [0.1, 0.15) is 10.7 Å². The van der Waals surface area contributed by atoms with Crippen molar-refractivity contribution in [2.24, 2.45) is 0 Å². The van der Waals surface area contributed by atoms with Gasteiger partial charge in [-0.05, 0) is 55.0 Å². The van der Waals surface area contributed by atoms with Crippen molar-refractivity contribution >= 4 is 27.3 Å². The van der Waals surface area contributed by atoms with Gasteiger partial charge in [0.05, 0.1) is 25.9 Å². The van der Waals surface area contributed by atoms with E-state index in [2.05, 4.69) is 0 Å². The molecule has 10 heteroatoms. The van der Waals surface area contributed by atoms with Crippen LogP contribution in [0.3, 0.4) is 0 Å². The zero-order chi connectivity index (χ0) is 23.8. The maximum atomic E-state index is 14.7. The first kappa shape index (κ1) is 23.0. The highest BCUT2D eigenvalue weighted by Gasteiger charge is 2.34. The van der Waals surface area contributed by atoms with E-state index in [0.717, 1.165) is 16.4 Å². The summed E-state index contributed by atoms with van der Waals surface area (Å²) in [7, 11) is -1.41. The first-order chi connectivity index (χ1) is 15.8. The lowest BCUT2D eigenvalue weighted by Crippen LogP contribution is -2.34. The van der Waals surface area contributed by atoms with Crippen molar-refractivity contribution in [3.8, 4) is 23.0 Å². The van der Waals surface area contributed by atoms with Gasteiger partial charge in [-0.15, -0.1) is 0 Å². The van der Waals surface area contributed by atoms with Gasteiger partial charge in [-0.3, -0.25) is 4.31 Å². The molecule has 0 saturated heterocycles. The third kappa shape index (κ3) is 4.26. The van der Waals surface area contributed by atoms with Crippen LogP contribution in [0.1, 0.15) is 18.5 Å². The zero-order valence-electron chi connectivity index (χ0n) is 18.0. The summed E-state index contributed by atoms with van der Waals surface area (Å²) in [6, 6.07) is 12.4. The molecule has 1 unspecified atom stereocenters. The number of nitrogens with zero attached hydrogens (tertiary/aromatic N) is 1. The smallest absolute Gasteiger partial charge is 0.267 e. The van der Waals surface area contributed by atoms with Crippen molar-refractivity contribution in [3.05, 3.63) is 71.0 Å². The van der Waals surface area contributed by atoms with E-state index in [4.69, 9.17) is 30.5 Å². The summed E-state index contributed by atoms with van der Waals surface area (Å²) in [6.07, 6.45) is 0. The molecule has 174 valence electrons. The third-order valence-electron chi connectivity index (χ3n) is 5.28. The van der Waals surface area contributed by atoms with Gasteiger partial charge in [-0.2, -0.15) is 0 Å². The van der Waals surface area contributed by atoms with Gasteiger partial charge in [0.15, 0.2) is 23.0 Å². The molecule has 4 rings (SSSR count). The quantitative estimate of drug-likeness (QED) is 0.451. The number of benzene rings is 3. The molecule has 0 aliphatic carbocycles. The maximum absolute atomic E-state index is 14.7. The SMILES string of the molecule is COc1ccc(C(C)N(c2ccc3c(c2)OCO3)S(=O)(=O)c2cc(Cl)ccc2F)cc1OC. The summed E-state index contributed by atoms with van der Waals surface area (Å²) in [5, 5.41) is 0.0966.